The molecule has 6 heteroatoms. The summed E-state index contributed by atoms with van der Waals surface area (Å²) in [6, 6.07) is 13.3. The molecule has 1 aromatic carbocycles. The summed E-state index contributed by atoms with van der Waals surface area (Å²) in [5, 5.41) is 15.1. The van der Waals surface area contributed by atoms with E-state index < -0.39 is 0 Å². The van der Waals surface area contributed by atoms with Crippen molar-refractivity contribution in [1.29, 1.82) is 5.26 Å². The van der Waals surface area contributed by atoms with Gasteiger partial charge in [0.25, 0.3) is 0 Å². The van der Waals surface area contributed by atoms with Gasteiger partial charge in [0.05, 0.1) is 5.56 Å². The number of piperidine rings is 1. The van der Waals surface area contributed by atoms with Crippen LogP contribution in [-0.4, -0.2) is 30.6 Å². The average Bonchev–Trinajstić information content (AvgIpc) is 2.68. The molecular formula is C20H23N5O. The van der Waals surface area contributed by atoms with Crippen molar-refractivity contribution in [2.45, 2.75) is 19.8 Å². The fourth-order valence-corrected chi connectivity index (χ4v) is 3.20. The standard InChI is InChI=1S/C20H23N5O/c1-15-5-2-3-7-18(15)24-20(26)23-14-16-8-11-25(12-9-16)19-17(13-21)6-4-10-22-19/h2-7,10,16H,8-9,11-12,14H2,1H3,(H2,23,24,26). The van der Waals surface area contributed by atoms with Crippen molar-refractivity contribution in [3.8, 4) is 6.07 Å². The second-order valence-corrected chi connectivity index (χ2v) is 6.57. The fraction of sp³-hybridized carbons (Fsp3) is 0.350. The molecule has 0 unspecified atom stereocenters. The minimum Gasteiger partial charge on any atom is -0.356 e. The molecule has 1 fully saturated rings. The molecule has 1 saturated heterocycles. The van der Waals surface area contributed by atoms with E-state index in [1.54, 1.807) is 18.3 Å². The topological polar surface area (TPSA) is 81.1 Å². The Morgan fingerprint density at radius 1 is 1.27 bits per heavy atom. The lowest BCUT2D eigenvalue weighted by molar-refractivity contribution is 0.248. The zero-order valence-electron chi connectivity index (χ0n) is 14.9. The van der Waals surface area contributed by atoms with Crippen LogP contribution in [0.25, 0.3) is 0 Å². The molecule has 1 aliphatic heterocycles. The number of carbonyl (C=O) groups is 1. The van der Waals surface area contributed by atoms with Gasteiger partial charge in [-0.2, -0.15) is 5.26 Å². The summed E-state index contributed by atoms with van der Waals surface area (Å²) >= 11 is 0. The average molecular weight is 349 g/mol. The van der Waals surface area contributed by atoms with Gasteiger partial charge in [-0.25, -0.2) is 9.78 Å². The van der Waals surface area contributed by atoms with E-state index in [1.165, 1.54) is 0 Å². The first-order valence-corrected chi connectivity index (χ1v) is 8.88. The van der Waals surface area contributed by atoms with Gasteiger partial charge >= 0.3 is 6.03 Å². The van der Waals surface area contributed by atoms with E-state index in [2.05, 4.69) is 26.6 Å². The maximum Gasteiger partial charge on any atom is 0.319 e. The van der Waals surface area contributed by atoms with E-state index in [9.17, 15) is 10.1 Å². The van der Waals surface area contributed by atoms with Crippen molar-refractivity contribution in [1.82, 2.24) is 10.3 Å². The van der Waals surface area contributed by atoms with E-state index in [0.29, 0.717) is 18.0 Å². The Labute approximate surface area is 153 Å². The van der Waals surface area contributed by atoms with Crippen molar-refractivity contribution in [3.05, 3.63) is 53.7 Å². The van der Waals surface area contributed by atoms with E-state index >= 15 is 0 Å². The van der Waals surface area contributed by atoms with Crippen molar-refractivity contribution < 1.29 is 4.79 Å². The van der Waals surface area contributed by atoms with Gasteiger partial charge in [0.1, 0.15) is 11.9 Å². The van der Waals surface area contributed by atoms with Crippen LogP contribution in [0.3, 0.4) is 0 Å². The maximum absolute atomic E-state index is 12.1. The number of amides is 2. The molecule has 0 spiro atoms. The number of pyridine rings is 1. The van der Waals surface area contributed by atoms with E-state index in [4.69, 9.17) is 0 Å². The first kappa shape index (κ1) is 17.7. The number of nitrogens with zero attached hydrogens (tertiary/aromatic N) is 3. The minimum absolute atomic E-state index is 0.168. The predicted octanol–water partition coefficient (Wildman–Crippen LogP) is 3.30. The van der Waals surface area contributed by atoms with Crippen LogP contribution < -0.4 is 15.5 Å². The zero-order valence-corrected chi connectivity index (χ0v) is 14.9. The largest absolute Gasteiger partial charge is 0.356 e. The quantitative estimate of drug-likeness (QED) is 0.887. The number of aromatic nitrogens is 1. The van der Waals surface area contributed by atoms with Gasteiger partial charge in [-0.15, -0.1) is 0 Å². The zero-order chi connectivity index (χ0) is 18.4. The summed E-state index contributed by atoms with van der Waals surface area (Å²) in [7, 11) is 0. The first-order valence-electron chi connectivity index (χ1n) is 8.88. The van der Waals surface area contributed by atoms with Gasteiger partial charge in [-0.3, -0.25) is 0 Å². The SMILES string of the molecule is Cc1ccccc1NC(=O)NCC1CCN(c2ncccc2C#N)CC1. The van der Waals surface area contributed by atoms with Gasteiger partial charge < -0.3 is 15.5 Å². The molecule has 0 radical (unpaired) electrons. The summed E-state index contributed by atoms with van der Waals surface area (Å²) in [6.07, 6.45) is 3.65. The van der Waals surface area contributed by atoms with Crippen molar-refractivity contribution >= 4 is 17.5 Å². The van der Waals surface area contributed by atoms with Crippen LogP contribution in [0.15, 0.2) is 42.6 Å². The normalized spacial score (nSPS) is 14.5. The van der Waals surface area contributed by atoms with E-state index in [0.717, 1.165) is 43.0 Å². The third-order valence-corrected chi connectivity index (χ3v) is 4.77. The Bertz CT molecular complexity index is 806. The monoisotopic (exact) mass is 349 g/mol. The highest BCUT2D eigenvalue weighted by Gasteiger charge is 2.22. The van der Waals surface area contributed by atoms with Gasteiger partial charge in [0.2, 0.25) is 0 Å². The third-order valence-electron chi connectivity index (χ3n) is 4.77. The summed E-state index contributed by atoms with van der Waals surface area (Å²) in [4.78, 5) is 18.6. The highest BCUT2D eigenvalue weighted by molar-refractivity contribution is 5.89. The minimum atomic E-state index is -0.168. The third kappa shape index (κ3) is 4.31. The van der Waals surface area contributed by atoms with Crippen molar-refractivity contribution in [2.24, 2.45) is 5.92 Å². The Morgan fingerprint density at radius 3 is 2.77 bits per heavy atom. The van der Waals surface area contributed by atoms with Crippen LogP contribution in [0, 0.1) is 24.2 Å². The first-order chi connectivity index (χ1) is 12.7. The molecule has 134 valence electrons. The molecule has 2 N–H and O–H groups in total. The highest BCUT2D eigenvalue weighted by atomic mass is 16.2. The summed E-state index contributed by atoms with van der Waals surface area (Å²) in [5.74, 6) is 1.20. The predicted molar refractivity (Wildman–Crippen MR) is 102 cm³/mol. The fourth-order valence-electron chi connectivity index (χ4n) is 3.20. The van der Waals surface area contributed by atoms with Crippen LogP contribution >= 0.6 is 0 Å². The number of nitriles is 1. The summed E-state index contributed by atoms with van der Waals surface area (Å²) in [6.45, 7) is 4.31. The van der Waals surface area contributed by atoms with Crippen LogP contribution in [0.2, 0.25) is 0 Å². The number of rotatable bonds is 4. The molecule has 6 nitrogen and oxygen atoms in total. The maximum atomic E-state index is 12.1. The number of benzene rings is 1. The Hall–Kier alpha value is -3.07. The molecule has 0 saturated carbocycles. The Morgan fingerprint density at radius 2 is 2.04 bits per heavy atom. The lowest BCUT2D eigenvalue weighted by atomic mass is 9.96. The van der Waals surface area contributed by atoms with Gasteiger partial charge in [-0.1, -0.05) is 18.2 Å². The van der Waals surface area contributed by atoms with Crippen LogP contribution in [-0.2, 0) is 0 Å². The molecular weight excluding hydrogens is 326 g/mol. The molecule has 0 atom stereocenters. The van der Waals surface area contributed by atoms with Crippen LogP contribution in [0.4, 0.5) is 16.3 Å². The molecule has 1 aliphatic rings. The van der Waals surface area contributed by atoms with Gasteiger partial charge in [0.15, 0.2) is 0 Å². The molecule has 0 aliphatic carbocycles. The number of para-hydroxylation sites is 1. The summed E-state index contributed by atoms with van der Waals surface area (Å²) < 4.78 is 0. The molecule has 2 aromatic rings. The van der Waals surface area contributed by atoms with Crippen LogP contribution in [0.5, 0.6) is 0 Å². The van der Waals surface area contributed by atoms with Gasteiger partial charge in [-0.05, 0) is 49.4 Å². The van der Waals surface area contributed by atoms with Gasteiger partial charge in [0, 0.05) is 31.5 Å². The van der Waals surface area contributed by atoms with Crippen molar-refractivity contribution in [2.75, 3.05) is 29.9 Å². The highest BCUT2D eigenvalue weighted by Crippen LogP contribution is 2.23. The smallest absolute Gasteiger partial charge is 0.319 e. The molecule has 2 heterocycles. The lowest BCUT2D eigenvalue weighted by Crippen LogP contribution is -2.40. The van der Waals surface area contributed by atoms with E-state index in [-0.39, 0.29) is 6.03 Å². The number of aryl methyl sites for hydroxylation is 1. The van der Waals surface area contributed by atoms with Crippen LogP contribution in [0.1, 0.15) is 24.0 Å². The second kappa shape index (κ2) is 8.34. The van der Waals surface area contributed by atoms with Crippen molar-refractivity contribution in [3.63, 3.8) is 0 Å². The van der Waals surface area contributed by atoms with E-state index in [1.807, 2.05) is 31.2 Å². The number of nitrogens with one attached hydrogen (secondary N) is 2. The Kier molecular flexibility index (Phi) is 5.69. The molecule has 3 rings (SSSR count). The lowest BCUT2D eigenvalue weighted by Gasteiger charge is -2.33. The molecule has 2 amide bonds. The number of hydrogen-bond donors (Lipinski definition) is 2. The second-order valence-electron chi connectivity index (χ2n) is 6.57. The molecule has 0 bridgehead atoms. The Balaban J connectivity index is 1.46. The number of urea groups is 1. The number of carbonyl (C=O) groups excluding carboxylic acids is 1. The number of anilines is 2. The molecule has 26 heavy (non-hydrogen) atoms. The summed E-state index contributed by atoms with van der Waals surface area (Å²) in [5.41, 5.74) is 2.49. The molecule has 1 aromatic heterocycles. The number of hydrogen-bond acceptors (Lipinski definition) is 4.